The van der Waals surface area contributed by atoms with Gasteiger partial charge in [0.25, 0.3) is 0 Å². The predicted molar refractivity (Wildman–Crippen MR) is 60.7 cm³/mol. The summed E-state index contributed by atoms with van der Waals surface area (Å²) in [6.45, 7) is 2.93. The van der Waals surface area contributed by atoms with Gasteiger partial charge < -0.3 is 10.1 Å². The molecular formula is C12H23NO2. The van der Waals surface area contributed by atoms with Crippen LogP contribution in [0.25, 0.3) is 0 Å². The van der Waals surface area contributed by atoms with Crippen molar-refractivity contribution >= 4 is 5.97 Å². The molecule has 0 radical (unpaired) electrons. The molecule has 0 aromatic rings. The first-order valence-corrected chi connectivity index (χ1v) is 6.10. The van der Waals surface area contributed by atoms with Crippen molar-refractivity contribution in [3.8, 4) is 0 Å². The summed E-state index contributed by atoms with van der Waals surface area (Å²) in [6.07, 6.45) is 6.54. The lowest BCUT2D eigenvalue weighted by molar-refractivity contribution is -0.151. The number of hydrogen-bond acceptors (Lipinski definition) is 3. The Morgan fingerprint density at radius 3 is 2.93 bits per heavy atom. The molecule has 3 heteroatoms. The van der Waals surface area contributed by atoms with E-state index in [9.17, 15) is 4.79 Å². The molecule has 1 fully saturated rings. The molecule has 15 heavy (non-hydrogen) atoms. The Labute approximate surface area is 92.6 Å². The molecule has 0 aliphatic heterocycles. The Hall–Kier alpha value is -0.570. The maximum Gasteiger partial charge on any atom is 0.307 e. The average molecular weight is 213 g/mol. The van der Waals surface area contributed by atoms with Gasteiger partial charge in [0.15, 0.2) is 0 Å². The van der Waals surface area contributed by atoms with Crippen LogP contribution in [0.15, 0.2) is 0 Å². The first kappa shape index (κ1) is 12.5. The minimum Gasteiger partial charge on any atom is -0.462 e. The summed E-state index contributed by atoms with van der Waals surface area (Å²) < 4.78 is 5.45. The topological polar surface area (TPSA) is 38.3 Å². The fraction of sp³-hybridized carbons (Fsp3) is 0.917. The third kappa shape index (κ3) is 4.65. The Balaban J connectivity index is 2.22. The highest BCUT2D eigenvalue weighted by molar-refractivity contribution is 5.69. The van der Waals surface area contributed by atoms with Crippen LogP contribution in [-0.4, -0.2) is 25.7 Å². The second-order valence-corrected chi connectivity index (χ2v) is 4.41. The van der Waals surface area contributed by atoms with E-state index in [1.54, 1.807) is 0 Å². The van der Waals surface area contributed by atoms with Gasteiger partial charge in [-0.2, -0.15) is 0 Å². The van der Waals surface area contributed by atoms with Gasteiger partial charge in [-0.1, -0.05) is 19.8 Å². The van der Waals surface area contributed by atoms with E-state index in [0.717, 1.165) is 18.8 Å². The lowest BCUT2D eigenvalue weighted by Crippen LogP contribution is -2.26. The second kappa shape index (κ2) is 6.83. The molecule has 1 N–H and O–H groups in total. The average Bonchev–Trinajstić information content (AvgIpc) is 2.26. The van der Waals surface area contributed by atoms with E-state index in [1.165, 1.54) is 19.3 Å². The molecule has 2 unspecified atom stereocenters. The number of rotatable bonds is 5. The maximum absolute atomic E-state index is 11.4. The van der Waals surface area contributed by atoms with Crippen molar-refractivity contribution in [2.75, 3.05) is 13.6 Å². The largest absolute Gasteiger partial charge is 0.462 e. The molecule has 0 aromatic carbocycles. The quantitative estimate of drug-likeness (QED) is 0.711. The first-order valence-electron chi connectivity index (χ1n) is 6.10. The van der Waals surface area contributed by atoms with Crippen LogP contribution in [0.1, 0.15) is 45.4 Å². The minimum atomic E-state index is -0.0499. The third-order valence-corrected chi connectivity index (χ3v) is 3.19. The van der Waals surface area contributed by atoms with E-state index < -0.39 is 0 Å². The van der Waals surface area contributed by atoms with Crippen molar-refractivity contribution in [3.05, 3.63) is 0 Å². The van der Waals surface area contributed by atoms with Gasteiger partial charge in [-0.05, 0) is 32.2 Å². The van der Waals surface area contributed by atoms with Gasteiger partial charge in [-0.15, -0.1) is 0 Å². The van der Waals surface area contributed by atoms with E-state index in [1.807, 2.05) is 7.05 Å². The smallest absolute Gasteiger partial charge is 0.307 e. The van der Waals surface area contributed by atoms with Crippen LogP contribution in [0, 0.1) is 5.92 Å². The second-order valence-electron chi connectivity index (χ2n) is 4.41. The van der Waals surface area contributed by atoms with Crippen LogP contribution in [-0.2, 0) is 9.53 Å². The summed E-state index contributed by atoms with van der Waals surface area (Å²) in [6, 6.07) is 0. The van der Waals surface area contributed by atoms with Crippen molar-refractivity contribution in [2.24, 2.45) is 5.92 Å². The summed E-state index contributed by atoms with van der Waals surface area (Å²) in [5.41, 5.74) is 0. The summed E-state index contributed by atoms with van der Waals surface area (Å²) in [7, 11) is 1.85. The van der Waals surface area contributed by atoms with Crippen molar-refractivity contribution in [1.82, 2.24) is 5.32 Å². The van der Waals surface area contributed by atoms with E-state index in [-0.39, 0.29) is 12.1 Å². The molecular weight excluding hydrogens is 190 g/mol. The molecule has 1 rings (SSSR count). The fourth-order valence-electron chi connectivity index (χ4n) is 2.19. The summed E-state index contributed by atoms with van der Waals surface area (Å²) in [5.74, 6) is 0.715. The van der Waals surface area contributed by atoms with Crippen molar-refractivity contribution in [2.45, 2.75) is 51.6 Å². The van der Waals surface area contributed by atoms with Crippen molar-refractivity contribution < 1.29 is 9.53 Å². The Kier molecular flexibility index (Phi) is 5.69. The van der Waals surface area contributed by atoms with E-state index in [2.05, 4.69) is 12.2 Å². The molecule has 2 atom stereocenters. The molecule has 1 saturated carbocycles. The van der Waals surface area contributed by atoms with Gasteiger partial charge in [0, 0.05) is 6.54 Å². The highest BCUT2D eigenvalue weighted by Gasteiger charge is 2.23. The normalized spacial score (nSPS) is 26.3. The molecule has 1 aliphatic carbocycles. The molecule has 0 spiro atoms. The number of carbonyl (C=O) groups excluding carboxylic acids is 1. The van der Waals surface area contributed by atoms with E-state index in [0.29, 0.717) is 13.0 Å². The Bertz CT molecular complexity index is 194. The SMILES string of the molecule is CCC1CCCC(OC(=O)CCNC)C1. The molecule has 0 saturated heterocycles. The van der Waals surface area contributed by atoms with Gasteiger partial charge in [-0.25, -0.2) is 0 Å². The minimum absolute atomic E-state index is 0.0499. The molecule has 1 aliphatic rings. The Morgan fingerprint density at radius 2 is 2.27 bits per heavy atom. The van der Waals surface area contributed by atoms with Gasteiger partial charge in [-0.3, -0.25) is 4.79 Å². The first-order chi connectivity index (χ1) is 7.26. The standard InChI is InChI=1S/C12H23NO2/c1-3-10-5-4-6-11(9-10)15-12(14)7-8-13-2/h10-11,13H,3-9H2,1-2H3. The van der Waals surface area contributed by atoms with E-state index in [4.69, 9.17) is 4.74 Å². The zero-order valence-electron chi connectivity index (χ0n) is 9.92. The van der Waals surface area contributed by atoms with Gasteiger partial charge >= 0.3 is 5.97 Å². The third-order valence-electron chi connectivity index (χ3n) is 3.19. The number of carbonyl (C=O) groups is 1. The van der Waals surface area contributed by atoms with Crippen LogP contribution < -0.4 is 5.32 Å². The van der Waals surface area contributed by atoms with Crippen LogP contribution in [0.4, 0.5) is 0 Å². The van der Waals surface area contributed by atoms with Gasteiger partial charge in [0.05, 0.1) is 6.42 Å². The Morgan fingerprint density at radius 1 is 1.47 bits per heavy atom. The monoisotopic (exact) mass is 213 g/mol. The zero-order valence-corrected chi connectivity index (χ0v) is 9.92. The number of esters is 1. The molecule has 0 amide bonds. The van der Waals surface area contributed by atoms with E-state index >= 15 is 0 Å². The van der Waals surface area contributed by atoms with Gasteiger partial charge in [0.2, 0.25) is 0 Å². The van der Waals surface area contributed by atoms with Crippen LogP contribution in [0.2, 0.25) is 0 Å². The summed E-state index contributed by atoms with van der Waals surface area (Å²) >= 11 is 0. The maximum atomic E-state index is 11.4. The lowest BCUT2D eigenvalue weighted by atomic mass is 9.85. The lowest BCUT2D eigenvalue weighted by Gasteiger charge is -2.28. The highest BCUT2D eigenvalue weighted by atomic mass is 16.5. The van der Waals surface area contributed by atoms with Crippen molar-refractivity contribution in [3.63, 3.8) is 0 Å². The fourth-order valence-corrected chi connectivity index (χ4v) is 2.19. The number of nitrogens with one attached hydrogen (secondary N) is 1. The van der Waals surface area contributed by atoms with Crippen LogP contribution >= 0.6 is 0 Å². The molecule has 0 heterocycles. The number of hydrogen-bond donors (Lipinski definition) is 1. The summed E-state index contributed by atoms with van der Waals surface area (Å²) in [4.78, 5) is 11.4. The zero-order chi connectivity index (χ0) is 11.1. The molecule has 3 nitrogen and oxygen atoms in total. The molecule has 88 valence electrons. The summed E-state index contributed by atoms with van der Waals surface area (Å²) in [5, 5.41) is 2.95. The number of ether oxygens (including phenoxy) is 1. The van der Waals surface area contributed by atoms with Gasteiger partial charge in [0.1, 0.15) is 6.10 Å². The molecule has 0 bridgehead atoms. The highest BCUT2D eigenvalue weighted by Crippen LogP contribution is 2.28. The van der Waals surface area contributed by atoms with Crippen LogP contribution in [0.3, 0.4) is 0 Å². The predicted octanol–water partition coefficient (Wildman–Crippen LogP) is 2.11. The van der Waals surface area contributed by atoms with Crippen LogP contribution in [0.5, 0.6) is 0 Å². The molecule has 0 aromatic heterocycles. The van der Waals surface area contributed by atoms with Crippen molar-refractivity contribution in [1.29, 1.82) is 0 Å².